The number of furan rings is 1. The molecular weight excluding hydrogens is 460 g/mol. The van der Waals surface area contributed by atoms with Gasteiger partial charge in [0.05, 0.1) is 40.8 Å². The fourth-order valence-corrected chi connectivity index (χ4v) is 5.83. The normalized spacial score (nSPS) is 11.6. The van der Waals surface area contributed by atoms with Crippen molar-refractivity contribution in [1.82, 2.24) is 4.98 Å². The Morgan fingerprint density at radius 2 is 1.91 bits per heavy atom. The second kappa shape index (κ2) is 9.76. The number of benzene rings is 2. The van der Waals surface area contributed by atoms with Gasteiger partial charge in [0, 0.05) is 6.42 Å². The highest BCUT2D eigenvalue weighted by atomic mass is 32.2. The van der Waals surface area contributed by atoms with Crippen LogP contribution in [0.25, 0.3) is 10.2 Å². The lowest BCUT2D eigenvalue weighted by Crippen LogP contribution is -2.30. The second-order valence-electron chi connectivity index (χ2n) is 7.58. The van der Waals surface area contributed by atoms with Crippen molar-refractivity contribution in [2.24, 2.45) is 0 Å². The summed E-state index contributed by atoms with van der Waals surface area (Å²) in [4.78, 5) is 19.6. The SMILES string of the molecule is COc1ccc(S(=O)(=O)CCCC(=O)N(Cc2ccco2)c2nc3c(C)cccc3s2)cc1. The molecule has 172 valence electrons. The third-order valence-corrected chi connectivity index (χ3v) is 8.12. The van der Waals surface area contributed by atoms with Gasteiger partial charge in [0.1, 0.15) is 11.5 Å². The number of amides is 1. The largest absolute Gasteiger partial charge is 0.497 e. The Kier molecular flexibility index (Phi) is 6.80. The van der Waals surface area contributed by atoms with Crippen LogP contribution in [0, 0.1) is 6.92 Å². The quantitative estimate of drug-likeness (QED) is 0.332. The summed E-state index contributed by atoms with van der Waals surface area (Å²) in [5.41, 5.74) is 1.89. The summed E-state index contributed by atoms with van der Waals surface area (Å²) in [5.74, 6) is 0.889. The zero-order valence-corrected chi connectivity index (χ0v) is 20.0. The van der Waals surface area contributed by atoms with E-state index >= 15 is 0 Å². The maximum atomic E-state index is 13.2. The standard InChI is InChI=1S/C24H24N2O5S2/c1-17-6-3-8-21-23(17)25-24(32-21)26(16-19-7-4-14-31-19)22(27)9-5-15-33(28,29)20-12-10-18(30-2)11-13-20/h3-4,6-8,10-14H,5,9,15-16H2,1-2H3. The molecule has 2 heterocycles. The zero-order chi connectivity index (χ0) is 23.4. The summed E-state index contributed by atoms with van der Waals surface area (Å²) in [5, 5.41) is 0.568. The Balaban J connectivity index is 1.49. The minimum absolute atomic E-state index is 0.0744. The van der Waals surface area contributed by atoms with Gasteiger partial charge in [-0.15, -0.1) is 0 Å². The van der Waals surface area contributed by atoms with Crippen molar-refractivity contribution in [2.75, 3.05) is 17.8 Å². The number of sulfone groups is 1. The summed E-state index contributed by atoms with van der Waals surface area (Å²) in [6.45, 7) is 2.21. The molecule has 0 unspecified atom stereocenters. The summed E-state index contributed by atoms with van der Waals surface area (Å²) < 4.78 is 36.9. The van der Waals surface area contributed by atoms with Crippen molar-refractivity contribution < 1.29 is 22.4 Å². The molecule has 0 saturated carbocycles. The van der Waals surface area contributed by atoms with E-state index in [0.29, 0.717) is 16.6 Å². The number of hydrogen-bond donors (Lipinski definition) is 0. The van der Waals surface area contributed by atoms with E-state index in [9.17, 15) is 13.2 Å². The predicted molar refractivity (Wildman–Crippen MR) is 129 cm³/mol. The molecule has 1 amide bonds. The average molecular weight is 485 g/mol. The van der Waals surface area contributed by atoms with Crippen LogP contribution in [-0.4, -0.2) is 32.2 Å². The van der Waals surface area contributed by atoms with E-state index in [2.05, 4.69) is 4.98 Å². The molecule has 0 aliphatic rings. The number of fused-ring (bicyclic) bond motifs is 1. The van der Waals surface area contributed by atoms with E-state index in [0.717, 1.165) is 15.8 Å². The molecule has 9 heteroatoms. The first-order valence-corrected chi connectivity index (χ1v) is 12.9. The number of carbonyl (C=O) groups excluding carboxylic acids is 1. The Labute approximate surface area is 196 Å². The van der Waals surface area contributed by atoms with Crippen LogP contribution in [-0.2, 0) is 21.2 Å². The molecule has 0 bridgehead atoms. The van der Waals surface area contributed by atoms with Gasteiger partial charge >= 0.3 is 0 Å². The van der Waals surface area contributed by atoms with Crippen LogP contribution in [0.1, 0.15) is 24.2 Å². The van der Waals surface area contributed by atoms with Crippen LogP contribution in [0.3, 0.4) is 0 Å². The van der Waals surface area contributed by atoms with E-state index < -0.39 is 9.84 Å². The van der Waals surface area contributed by atoms with E-state index in [1.54, 1.807) is 35.4 Å². The summed E-state index contributed by atoms with van der Waals surface area (Å²) in [6, 6.07) is 15.7. The molecule has 0 radical (unpaired) electrons. The lowest BCUT2D eigenvalue weighted by atomic mass is 10.2. The van der Waals surface area contributed by atoms with Crippen molar-refractivity contribution in [3.05, 3.63) is 72.2 Å². The number of aromatic nitrogens is 1. The Bertz CT molecular complexity index is 1340. The second-order valence-corrected chi connectivity index (χ2v) is 10.7. The van der Waals surface area contributed by atoms with Gasteiger partial charge in [-0.1, -0.05) is 23.5 Å². The summed E-state index contributed by atoms with van der Waals surface area (Å²) in [6.07, 6.45) is 1.83. The van der Waals surface area contributed by atoms with Gasteiger partial charge in [0.15, 0.2) is 15.0 Å². The number of para-hydroxylation sites is 1. The molecule has 2 aromatic heterocycles. The van der Waals surface area contributed by atoms with Crippen LogP contribution in [0.2, 0.25) is 0 Å². The molecule has 4 aromatic rings. The van der Waals surface area contributed by atoms with Crippen molar-refractivity contribution >= 4 is 42.4 Å². The average Bonchev–Trinajstić information content (AvgIpc) is 3.47. The Morgan fingerprint density at radius 1 is 1.12 bits per heavy atom. The number of rotatable bonds is 9. The molecule has 0 spiro atoms. The summed E-state index contributed by atoms with van der Waals surface area (Å²) >= 11 is 1.43. The van der Waals surface area contributed by atoms with Gasteiger partial charge in [0.25, 0.3) is 0 Å². The first kappa shape index (κ1) is 23.0. The lowest BCUT2D eigenvalue weighted by Gasteiger charge is -2.18. The first-order valence-electron chi connectivity index (χ1n) is 10.4. The van der Waals surface area contributed by atoms with Crippen molar-refractivity contribution in [1.29, 1.82) is 0 Å². The smallest absolute Gasteiger partial charge is 0.229 e. The maximum absolute atomic E-state index is 13.2. The van der Waals surface area contributed by atoms with Crippen molar-refractivity contribution in [3.8, 4) is 5.75 Å². The highest BCUT2D eigenvalue weighted by molar-refractivity contribution is 7.91. The molecule has 0 saturated heterocycles. The van der Waals surface area contributed by atoms with Crippen LogP contribution < -0.4 is 9.64 Å². The number of aryl methyl sites for hydroxylation is 1. The highest BCUT2D eigenvalue weighted by Gasteiger charge is 2.23. The zero-order valence-electron chi connectivity index (χ0n) is 18.4. The van der Waals surface area contributed by atoms with E-state index in [1.807, 2.05) is 25.1 Å². The molecule has 7 nitrogen and oxygen atoms in total. The van der Waals surface area contributed by atoms with Crippen LogP contribution in [0.4, 0.5) is 5.13 Å². The molecule has 0 aliphatic carbocycles. The molecule has 4 rings (SSSR count). The number of methoxy groups -OCH3 is 1. The fourth-order valence-electron chi connectivity index (χ4n) is 3.46. The molecule has 0 aliphatic heterocycles. The van der Waals surface area contributed by atoms with Crippen molar-refractivity contribution in [3.63, 3.8) is 0 Å². The lowest BCUT2D eigenvalue weighted by molar-refractivity contribution is -0.118. The first-order chi connectivity index (χ1) is 15.9. The summed E-state index contributed by atoms with van der Waals surface area (Å²) in [7, 11) is -1.98. The number of thiazole rings is 1. The van der Waals surface area contributed by atoms with Gasteiger partial charge in [-0.25, -0.2) is 13.4 Å². The molecule has 0 fully saturated rings. The fraction of sp³-hybridized carbons (Fsp3) is 0.250. The number of nitrogens with zero attached hydrogens (tertiary/aromatic N) is 2. The number of ether oxygens (including phenoxy) is 1. The molecule has 0 N–H and O–H groups in total. The van der Waals surface area contributed by atoms with Gasteiger partial charge < -0.3 is 9.15 Å². The van der Waals surface area contributed by atoms with Gasteiger partial charge in [-0.05, 0) is 61.4 Å². The van der Waals surface area contributed by atoms with E-state index in [-0.39, 0.29) is 35.9 Å². The van der Waals surface area contributed by atoms with Crippen LogP contribution in [0.5, 0.6) is 5.75 Å². The van der Waals surface area contributed by atoms with E-state index in [1.165, 1.54) is 30.6 Å². The number of carbonyl (C=O) groups is 1. The van der Waals surface area contributed by atoms with Gasteiger partial charge in [0.2, 0.25) is 5.91 Å². The number of anilines is 1. The van der Waals surface area contributed by atoms with Gasteiger partial charge in [-0.2, -0.15) is 0 Å². The molecule has 0 atom stereocenters. The minimum atomic E-state index is -3.51. The van der Waals surface area contributed by atoms with Crippen LogP contribution >= 0.6 is 11.3 Å². The molecule has 2 aromatic carbocycles. The predicted octanol–water partition coefficient (Wildman–Crippen LogP) is 4.99. The Morgan fingerprint density at radius 3 is 2.58 bits per heavy atom. The highest BCUT2D eigenvalue weighted by Crippen LogP contribution is 2.32. The minimum Gasteiger partial charge on any atom is -0.497 e. The molecular formula is C24H24N2O5S2. The van der Waals surface area contributed by atoms with Crippen LogP contribution in [0.15, 0.2) is 70.2 Å². The third-order valence-electron chi connectivity index (χ3n) is 5.26. The van der Waals surface area contributed by atoms with E-state index in [4.69, 9.17) is 9.15 Å². The molecule has 33 heavy (non-hydrogen) atoms. The van der Waals surface area contributed by atoms with Crippen molar-refractivity contribution in [2.45, 2.75) is 31.2 Å². The maximum Gasteiger partial charge on any atom is 0.229 e. The third kappa shape index (κ3) is 5.26. The number of hydrogen-bond acceptors (Lipinski definition) is 7. The van der Waals surface area contributed by atoms with Gasteiger partial charge in [-0.3, -0.25) is 9.69 Å². The Hall–Kier alpha value is -3.17. The topological polar surface area (TPSA) is 89.7 Å². The monoisotopic (exact) mass is 484 g/mol.